The summed E-state index contributed by atoms with van der Waals surface area (Å²) in [5.41, 5.74) is 4.45. The molecule has 1 fully saturated rings. The molecular weight excluding hydrogens is 382 g/mol. The second-order valence-electron chi connectivity index (χ2n) is 7.59. The third-order valence-corrected chi connectivity index (χ3v) is 5.21. The molecule has 30 heavy (non-hydrogen) atoms. The van der Waals surface area contributed by atoms with Crippen LogP contribution in [0.4, 0.5) is 5.69 Å². The summed E-state index contributed by atoms with van der Waals surface area (Å²) in [5, 5.41) is 8.04. The standard InChI is InChI=1S/C22H25N5O3/c1-14-10-15(2)24-21-20(14)22(25-26(21)3)30-13-18(28)23-12-16-6-4-7-17(11-16)27-9-5-8-19(27)29/h4,6-7,10-11H,5,8-9,12-13H2,1-3H3,(H,23,28). The van der Waals surface area contributed by atoms with Crippen LogP contribution >= 0.6 is 0 Å². The Balaban J connectivity index is 1.37. The first-order valence-corrected chi connectivity index (χ1v) is 10.0. The molecule has 0 aliphatic carbocycles. The van der Waals surface area contributed by atoms with Gasteiger partial charge in [-0.2, -0.15) is 0 Å². The second-order valence-corrected chi connectivity index (χ2v) is 7.59. The van der Waals surface area contributed by atoms with Gasteiger partial charge in [0.1, 0.15) is 0 Å². The van der Waals surface area contributed by atoms with Gasteiger partial charge >= 0.3 is 0 Å². The first-order valence-electron chi connectivity index (χ1n) is 10.0. The maximum absolute atomic E-state index is 12.3. The Kier molecular flexibility index (Phi) is 5.39. The number of aryl methyl sites for hydroxylation is 3. The number of nitrogens with zero attached hydrogens (tertiary/aromatic N) is 4. The van der Waals surface area contributed by atoms with Gasteiger partial charge in [-0.3, -0.25) is 9.59 Å². The molecular formula is C22H25N5O3. The quantitative estimate of drug-likeness (QED) is 0.678. The lowest BCUT2D eigenvalue weighted by molar-refractivity contribution is -0.123. The van der Waals surface area contributed by atoms with Crippen LogP contribution in [-0.2, 0) is 23.2 Å². The van der Waals surface area contributed by atoms with Gasteiger partial charge in [0.15, 0.2) is 12.3 Å². The molecule has 156 valence electrons. The predicted octanol–water partition coefficient (Wildman–Crippen LogP) is 2.41. The zero-order valence-corrected chi connectivity index (χ0v) is 17.4. The number of pyridine rings is 1. The van der Waals surface area contributed by atoms with Crippen molar-refractivity contribution in [1.29, 1.82) is 0 Å². The molecule has 1 aliphatic rings. The third-order valence-electron chi connectivity index (χ3n) is 5.21. The van der Waals surface area contributed by atoms with Crippen LogP contribution in [0.25, 0.3) is 11.0 Å². The first-order chi connectivity index (χ1) is 14.4. The molecule has 0 radical (unpaired) electrons. The normalized spacial score (nSPS) is 13.8. The van der Waals surface area contributed by atoms with E-state index in [2.05, 4.69) is 15.4 Å². The molecule has 1 aromatic carbocycles. The number of amides is 2. The number of carbonyl (C=O) groups is 2. The highest BCUT2D eigenvalue weighted by molar-refractivity contribution is 5.95. The lowest BCUT2D eigenvalue weighted by atomic mass is 10.2. The van der Waals surface area contributed by atoms with Crippen LogP contribution in [0.5, 0.6) is 5.88 Å². The number of benzene rings is 1. The fraction of sp³-hybridized carbons (Fsp3) is 0.364. The summed E-state index contributed by atoms with van der Waals surface area (Å²) in [7, 11) is 1.80. The van der Waals surface area contributed by atoms with Gasteiger partial charge in [0, 0.05) is 37.9 Å². The molecule has 8 heteroatoms. The highest BCUT2D eigenvalue weighted by Crippen LogP contribution is 2.27. The zero-order valence-electron chi connectivity index (χ0n) is 17.4. The maximum Gasteiger partial charge on any atom is 0.258 e. The van der Waals surface area contributed by atoms with E-state index in [1.165, 1.54) is 0 Å². The van der Waals surface area contributed by atoms with Gasteiger partial charge in [-0.05, 0) is 49.6 Å². The average Bonchev–Trinajstić information content (AvgIpc) is 3.28. The average molecular weight is 407 g/mol. The van der Waals surface area contributed by atoms with Crippen LogP contribution in [0.2, 0.25) is 0 Å². The smallest absolute Gasteiger partial charge is 0.258 e. The number of ether oxygens (including phenoxy) is 1. The zero-order chi connectivity index (χ0) is 21.3. The molecule has 3 aromatic rings. The number of hydrogen-bond donors (Lipinski definition) is 1. The van der Waals surface area contributed by atoms with E-state index in [1.807, 2.05) is 44.2 Å². The molecule has 0 unspecified atom stereocenters. The van der Waals surface area contributed by atoms with E-state index in [4.69, 9.17) is 4.74 Å². The van der Waals surface area contributed by atoms with Crippen molar-refractivity contribution in [3.05, 3.63) is 47.2 Å². The lowest BCUT2D eigenvalue weighted by Crippen LogP contribution is -2.29. The monoisotopic (exact) mass is 407 g/mol. The Morgan fingerprint density at radius 2 is 2.10 bits per heavy atom. The van der Waals surface area contributed by atoms with Crippen molar-refractivity contribution in [2.24, 2.45) is 7.05 Å². The molecule has 4 rings (SSSR count). The molecule has 0 bridgehead atoms. The molecule has 3 heterocycles. The SMILES string of the molecule is Cc1cc(C)c2c(OCC(=O)NCc3cccc(N4CCCC4=O)c3)nn(C)c2n1. The molecule has 1 N–H and O–H groups in total. The molecule has 0 atom stereocenters. The van der Waals surface area contributed by atoms with Crippen LogP contribution in [0, 0.1) is 13.8 Å². The summed E-state index contributed by atoms with van der Waals surface area (Å²) >= 11 is 0. The van der Waals surface area contributed by atoms with Crippen molar-refractivity contribution in [3.8, 4) is 5.88 Å². The molecule has 1 aliphatic heterocycles. The van der Waals surface area contributed by atoms with E-state index in [1.54, 1.807) is 16.6 Å². The van der Waals surface area contributed by atoms with Crippen molar-refractivity contribution in [2.45, 2.75) is 33.2 Å². The summed E-state index contributed by atoms with van der Waals surface area (Å²) in [4.78, 5) is 30.5. The van der Waals surface area contributed by atoms with Gasteiger partial charge in [-0.1, -0.05) is 12.1 Å². The van der Waals surface area contributed by atoms with Gasteiger partial charge in [-0.15, -0.1) is 5.10 Å². The van der Waals surface area contributed by atoms with Crippen LogP contribution < -0.4 is 15.0 Å². The lowest BCUT2D eigenvalue weighted by Gasteiger charge is -2.16. The van der Waals surface area contributed by atoms with Crippen LogP contribution in [0.15, 0.2) is 30.3 Å². The fourth-order valence-corrected chi connectivity index (χ4v) is 3.79. The van der Waals surface area contributed by atoms with E-state index in [-0.39, 0.29) is 18.4 Å². The van der Waals surface area contributed by atoms with E-state index in [9.17, 15) is 9.59 Å². The van der Waals surface area contributed by atoms with Gasteiger partial charge < -0.3 is 15.0 Å². The number of anilines is 1. The largest absolute Gasteiger partial charge is 0.466 e. The minimum Gasteiger partial charge on any atom is -0.466 e. The van der Waals surface area contributed by atoms with E-state index in [0.29, 0.717) is 18.8 Å². The summed E-state index contributed by atoms with van der Waals surface area (Å²) < 4.78 is 7.35. The van der Waals surface area contributed by atoms with Gasteiger partial charge in [-0.25, -0.2) is 9.67 Å². The Morgan fingerprint density at radius 1 is 1.27 bits per heavy atom. The number of carbonyl (C=O) groups excluding carboxylic acids is 2. The third kappa shape index (κ3) is 3.98. The second kappa shape index (κ2) is 8.14. The number of fused-ring (bicyclic) bond motifs is 1. The Hall–Kier alpha value is -3.42. The van der Waals surface area contributed by atoms with Crippen molar-refractivity contribution in [1.82, 2.24) is 20.1 Å². The van der Waals surface area contributed by atoms with Gasteiger partial charge in [0.2, 0.25) is 11.8 Å². The molecule has 0 saturated carbocycles. The molecule has 0 spiro atoms. The summed E-state index contributed by atoms with van der Waals surface area (Å²) in [6, 6.07) is 9.65. The van der Waals surface area contributed by atoms with Crippen LogP contribution in [0.1, 0.15) is 29.7 Å². The van der Waals surface area contributed by atoms with Crippen LogP contribution in [-0.4, -0.2) is 39.7 Å². The number of aromatic nitrogens is 3. The Bertz CT molecular complexity index is 1120. The summed E-state index contributed by atoms with van der Waals surface area (Å²) in [6.45, 7) is 4.88. The van der Waals surface area contributed by atoms with Crippen molar-refractivity contribution in [2.75, 3.05) is 18.1 Å². The highest BCUT2D eigenvalue weighted by Gasteiger charge is 2.21. The van der Waals surface area contributed by atoms with Gasteiger partial charge in [0.05, 0.1) is 5.39 Å². The summed E-state index contributed by atoms with van der Waals surface area (Å²) in [6.07, 6.45) is 1.48. The molecule has 8 nitrogen and oxygen atoms in total. The first kappa shape index (κ1) is 19.9. The maximum atomic E-state index is 12.3. The number of hydrogen-bond acceptors (Lipinski definition) is 5. The fourth-order valence-electron chi connectivity index (χ4n) is 3.79. The molecule has 2 aromatic heterocycles. The molecule has 1 saturated heterocycles. The number of rotatable bonds is 6. The van der Waals surface area contributed by atoms with Gasteiger partial charge in [0.25, 0.3) is 5.91 Å². The predicted molar refractivity (Wildman–Crippen MR) is 113 cm³/mol. The van der Waals surface area contributed by atoms with E-state index < -0.39 is 0 Å². The van der Waals surface area contributed by atoms with E-state index >= 15 is 0 Å². The highest BCUT2D eigenvalue weighted by atomic mass is 16.5. The molecule has 2 amide bonds. The van der Waals surface area contributed by atoms with Crippen LogP contribution in [0.3, 0.4) is 0 Å². The Morgan fingerprint density at radius 3 is 2.87 bits per heavy atom. The van der Waals surface area contributed by atoms with Crippen molar-refractivity contribution < 1.29 is 14.3 Å². The van der Waals surface area contributed by atoms with Crippen molar-refractivity contribution in [3.63, 3.8) is 0 Å². The summed E-state index contributed by atoms with van der Waals surface area (Å²) in [5.74, 6) is 0.309. The van der Waals surface area contributed by atoms with Crippen molar-refractivity contribution >= 4 is 28.5 Å². The topological polar surface area (TPSA) is 89.4 Å². The number of nitrogens with one attached hydrogen (secondary N) is 1. The minimum absolute atomic E-state index is 0.135. The van der Waals surface area contributed by atoms with E-state index in [0.717, 1.165) is 46.5 Å². The Labute approximate surface area is 174 Å². The minimum atomic E-state index is -0.242.